The first kappa shape index (κ1) is 14.7. The molecule has 1 aliphatic heterocycles. The number of pyridine rings is 1. The van der Waals surface area contributed by atoms with Crippen LogP contribution in [0.2, 0.25) is 0 Å². The standard InChI is InChI=1S/C14H15N3O4S/c1-9-7-12(16-10-5-6-22(20,21)8-10)11-3-2-4-13(17(18)19)14(11)15-9/h2-4,7,10H,5-6,8H2,1H3,(H,15,16). The molecule has 0 aliphatic carbocycles. The number of hydrogen-bond donors (Lipinski definition) is 1. The van der Waals surface area contributed by atoms with Gasteiger partial charge in [-0.15, -0.1) is 0 Å². The molecule has 1 aromatic carbocycles. The molecule has 1 saturated heterocycles. The fourth-order valence-corrected chi connectivity index (χ4v) is 4.43. The van der Waals surface area contributed by atoms with E-state index in [1.54, 1.807) is 25.1 Å². The molecule has 0 amide bonds. The summed E-state index contributed by atoms with van der Waals surface area (Å²) in [6.45, 7) is 1.76. The number of benzene rings is 1. The third-order valence-corrected chi connectivity index (χ3v) is 5.50. The lowest BCUT2D eigenvalue weighted by molar-refractivity contribution is -0.383. The van der Waals surface area contributed by atoms with Gasteiger partial charge in [-0.2, -0.15) is 0 Å². The Labute approximate surface area is 127 Å². The van der Waals surface area contributed by atoms with Crippen LogP contribution in [0.1, 0.15) is 12.1 Å². The Kier molecular flexibility index (Phi) is 3.48. The van der Waals surface area contributed by atoms with Crippen molar-refractivity contribution in [1.29, 1.82) is 0 Å². The predicted molar refractivity (Wildman–Crippen MR) is 83.8 cm³/mol. The second-order valence-electron chi connectivity index (χ2n) is 5.49. The molecule has 116 valence electrons. The van der Waals surface area contributed by atoms with Crippen LogP contribution in [0.5, 0.6) is 0 Å². The molecular weight excluding hydrogens is 306 g/mol. The highest BCUT2D eigenvalue weighted by Gasteiger charge is 2.28. The van der Waals surface area contributed by atoms with E-state index in [2.05, 4.69) is 10.3 Å². The maximum atomic E-state index is 11.6. The highest BCUT2D eigenvalue weighted by molar-refractivity contribution is 7.91. The second kappa shape index (κ2) is 5.20. The third kappa shape index (κ3) is 2.74. The number of nitro benzene ring substituents is 1. The van der Waals surface area contributed by atoms with Crippen molar-refractivity contribution in [2.24, 2.45) is 0 Å². The average Bonchev–Trinajstić information content (AvgIpc) is 2.77. The third-order valence-electron chi connectivity index (χ3n) is 3.74. The number of hydrogen-bond acceptors (Lipinski definition) is 6. The van der Waals surface area contributed by atoms with Crippen LogP contribution < -0.4 is 5.32 Å². The van der Waals surface area contributed by atoms with Crippen LogP contribution >= 0.6 is 0 Å². The first-order chi connectivity index (χ1) is 10.4. The minimum Gasteiger partial charge on any atom is -0.381 e. The summed E-state index contributed by atoms with van der Waals surface area (Å²) in [5.74, 6) is 0.262. The molecule has 1 N–H and O–H groups in total. The monoisotopic (exact) mass is 321 g/mol. The number of rotatable bonds is 3. The number of nitrogens with one attached hydrogen (secondary N) is 1. The zero-order chi connectivity index (χ0) is 15.9. The molecule has 22 heavy (non-hydrogen) atoms. The van der Waals surface area contributed by atoms with Crippen molar-refractivity contribution < 1.29 is 13.3 Å². The molecule has 2 heterocycles. The van der Waals surface area contributed by atoms with E-state index in [0.29, 0.717) is 28.7 Å². The summed E-state index contributed by atoms with van der Waals surface area (Å²) in [7, 11) is -2.99. The van der Waals surface area contributed by atoms with Crippen LogP contribution in [0.15, 0.2) is 24.3 Å². The van der Waals surface area contributed by atoms with Gasteiger partial charge >= 0.3 is 0 Å². The van der Waals surface area contributed by atoms with Crippen molar-refractivity contribution in [3.8, 4) is 0 Å². The van der Waals surface area contributed by atoms with Gasteiger partial charge in [-0.3, -0.25) is 10.1 Å². The summed E-state index contributed by atoms with van der Waals surface area (Å²) in [5, 5.41) is 15.0. The molecule has 1 aromatic heterocycles. The average molecular weight is 321 g/mol. The van der Waals surface area contributed by atoms with E-state index in [0.717, 1.165) is 0 Å². The Morgan fingerprint density at radius 3 is 2.82 bits per heavy atom. The molecule has 1 atom stereocenters. The van der Waals surface area contributed by atoms with Crippen LogP contribution in [0, 0.1) is 17.0 Å². The van der Waals surface area contributed by atoms with E-state index in [9.17, 15) is 18.5 Å². The van der Waals surface area contributed by atoms with E-state index < -0.39 is 14.8 Å². The number of anilines is 1. The number of aryl methyl sites for hydroxylation is 1. The number of sulfone groups is 1. The van der Waals surface area contributed by atoms with Crippen molar-refractivity contribution >= 4 is 32.1 Å². The SMILES string of the molecule is Cc1cc(NC2CCS(=O)(=O)C2)c2cccc([N+](=O)[O-])c2n1. The summed E-state index contributed by atoms with van der Waals surface area (Å²) < 4.78 is 23.1. The van der Waals surface area contributed by atoms with Crippen LogP contribution in [0.4, 0.5) is 11.4 Å². The van der Waals surface area contributed by atoms with Gasteiger partial charge in [0, 0.05) is 28.9 Å². The number of non-ortho nitro benzene ring substituents is 1. The van der Waals surface area contributed by atoms with Crippen molar-refractivity contribution in [2.45, 2.75) is 19.4 Å². The van der Waals surface area contributed by atoms with Crippen molar-refractivity contribution in [1.82, 2.24) is 4.98 Å². The highest BCUT2D eigenvalue weighted by atomic mass is 32.2. The van der Waals surface area contributed by atoms with Crippen LogP contribution in [-0.2, 0) is 9.84 Å². The largest absolute Gasteiger partial charge is 0.381 e. The Morgan fingerprint density at radius 2 is 2.18 bits per heavy atom. The van der Waals surface area contributed by atoms with E-state index in [-0.39, 0.29) is 23.2 Å². The molecule has 0 spiro atoms. The lowest BCUT2D eigenvalue weighted by Crippen LogP contribution is -2.20. The van der Waals surface area contributed by atoms with E-state index in [4.69, 9.17) is 0 Å². The topological polar surface area (TPSA) is 102 Å². The maximum Gasteiger partial charge on any atom is 0.295 e. The first-order valence-electron chi connectivity index (χ1n) is 6.87. The van der Waals surface area contributed by atoms with E-state index in [1.165, 1.54) is 6.07 Å². The number of para-hydroxylation sites is 1. The van der Waals surface area contributed by atoms with Gasteiger partial charge in [0.1, 0.15) is 0 Å². The molecule has 2 aromatic rings. The smallest absolute Gasteiger partial charge is 0.295 e. The van der Waals surface area contributed by atoms with Gasteiger partial charge in [-0.25, -0.2) is 13.4 Å². The summed E-state index contributed by atoms with van der Waals surface area (Å²) in [5.41, 5.74) is 1.60. The van der Waals surface area contributed by atoms with Crippen molar-refractivity contribution in [3.63, 3.8) is 0 Å². The molecule has 1 unspecified atom stereocenters. The molecule has 3 rings (SSSR count). The van der Waals surface area contributed by atoms with Gasteiger partial charge in [0.05, 0.1) is 16.4 Å². The number of aromatic nitrogens is 1. The Hall–Kier alpha value is -2.22. The lowest BCUT2D eigenvalue weighted by atomic mass is 10.1. The summed E-state index contributed by atoms with van der Waals surface area (Å²) in [4.78, 5) is 14.9. The Balaban J connectivity index is 2.06. The van der Waals surface area contributed by atoms with Gasteiger partial charge in [0.25, 0.3) is 5.69 Å². The maximum absolute atomic E-state index is 11.6. The zero-order valence-electron chi connectivity index (χ0n) is 11.9. The minimum atomic E-state index is -2.99. The predicted octanol–water partition coefficient (Wildman–Crippen LogP) is 2.05. The number of nitrogens with zero attached hydrogens (tertiary/aromatic N) is 2. The van der Waals surface area contributed by atoms with Gasteiger partial charge in [0.15, 0.2) is 15.4 Å². The Morgan fingerprint density at radius 1 is 1.41 bits per heavy atom. The van der Waals surface area contributed by atoms with Gasteiger partial charge in [-0.05, 0) is 19.4 Å². The number of nitro groups is 1. The minimum absolute atomic E-state index is 0.0525. The summed E-state index contributed by atoms with van der Waals surface area (Å²) in [6.07, 6.45) is 0.542. The lowest BCUT2D eigenvalue weighted by Gasteiger charge is -2.15. The molecule has 1 aliphatic rings. The zero-order valence-corrected chi connectivity index (χ0v) is 12.8. The second-order valence-corrected chi connectivity index (χ2v) is 7.71. The van der Waals surface area contributed by atoms with Gasteiger partial charge in [0.2, 0.25) is 0 Å². The molecule has 8 heteroatoms. The normalized spacial score (nSPS) is 20.1. The van der Waals surface area contributed by atoms with Crippen LogP contribution in [0.25, 0.3) is 10.9 Å². The molecule has 0 saturated carbocycles. The molecule has 7 nitrogen and oxygen atoms in total. The fourth-order valence-electron chi connectivity index (χ4n) is 2.76. The van der Waals surface area contributed by atoms with Crippen molar-refractivity contribution in [2.75, 3.05) is 16.8 Å². The first-order valence-corrected chi connectivity index (χ1v) is 8.69. The number of fused-ring (bicyclic) bond motifs is 1. The molecular formula is C14H15N3O4S. The summed E-state index contributed by atoms with van der Waals surface area (Å²) >= 11 is 0. The van der Waals surface area contributed by atoms with Crippen LogP contribution in [-0.4, -0.2) is 35.9 Å². The van der Waals surface area contributed by atoms with Gasteiger partial charge in [-0.1, -0.05) is 12.1 Å². The molecule has 0 radical (unpaired) electrons. The van der Waals surface area contributed by atoms with E-state index >= 15 is 0 Å². The fraction of sp³-hybridized carbons (Fsp3) is 0.357. The quantitative estimate of drug-likeness (QED) is 0.685. The molecule has 1 fully saturated rings. The van der Waals surface area contributed by atoms with Crippen molar-refractivity contribution in [3.05, 3.63) is 40.1 Å². The van der Waals surface area contributed by atoms with E-state index in [1.807, 2.05) is 0 Å². The summed E-state index contributed by atoms with van der Waals surface area (Å²) in [6, 6.07) is 6.39. The molecule has 0 bridgehead atoms. The van der Waals surface area contributed by atoms with Crippen LogP contribution in [0.3, 0.4) is 0 Å². The van der Waals surface area contributed by atoms with Gasteiger partial charge < -0.3 is 5.32 Å². The highest BCUT2D eigenvalue weighted by Crippen LogP contribution is 2.31. The Bertz CT molecular complexity index is 864.